The van der Waals surface area contributed by atoms with E-state index in [0.29, 0.717) is 23.4 Å². The summed E-state index contributed by atoms with van der Waals surface area (Å²) < 4.78 is 12.6. The van der Waals surface area contributed by atoms with Gasteiger partial charge in [0.2, 0.25) is 0 Å². The number of anilines is 1. The van der Waals surface area contributed by atoms with Gasteiger partial charge in [-0.05, 0) is 17.9 Å². The Balaban J connectivity index is 1.88. The number of rotatable bonds is 3. The highest BCUT2D eigenvalue weighted by atomic mass is 31.2. The highest BCUT2D eigenvalue weighted by Gasteiger charge is 2.35. The van der Waals surface area contributed by atoms with Gasteiger partial charge in [-0.2, -0.15) is 0 Å². The van der Waals surface area contributed by atoms with Gasteiger partial charge in [-0.15, -0.1) is 0 Å². The van der Waals surface area contributed by atoms with Gasteiger partial charge in [-0.25, -0.2) is 15.0 Å². The maximum Gasteiger partial charge on any atom is 0.326 e. The first-order valence-corrected chi connectivity index (χ1v) is 7.42. The number of fused-ring (bicyclic) bond motifs is 1. The van der Waals surface area contributed by atoms with Crippen LogP contribution < -0.4 is 5.73 Å². The molecule has 9 heteroatoms. The van der Waals surface area contributed by atoms with E-state index in [2.05, 4.69) is 15.0 Å². The lowest BCUT2D eigenvalue weighted by Crippen LogP contribution is -1.94. The smallest absolute Gasteiger partial charge is 0.326 e. The first-order valence-electron chi connectivity index (χ1n) is 5.62. The minimum absolute atomic E-state index is 0.0579. The van der Waals surface area contributed by atoms with Crippen LogP contribution >= 0.6 is 7.60 Å². The Hall–Kier alpha value is -1.76. The maximum atomic E-state index is 10.9. The topological polar surface area (TPSA) is 127 Å². The van der Waals surface area contributed by atoms with Gasteiger partial charge < -0.3 is 15.5 Å². The number of nitrogens with zero attached hydrogens (tertiary/aromatic N) is 4. The summed E-state index contributed by atoms with van der Waals surface area (Å²) in [5.41, 5.74) is 7.75. The molecular formula is C10H12N5O3P. The number of hydrogen-bond donors (Lipinski definition) is 3. The summed E-state index contributed by atoms with van der Waals surface area (Å²) in [5, 5.41) is 0. The highest BCUT2D eigenvalue weighted by Crippen LogP contribution is 2.49. The van der Waals surface area contributed by atoms with Crippen LogP contribution in [-0.2, 0) is 4.57 Å². The molecule has 100 valence electrons. The quantitative estimate of drug-likeness (QED) is 0.697. The van der Waals surface area contributed by atoms with Crippen LogP contribution in [-0.4, -0.2) is 35.5 Å². The molecule has 1 unspecified atom stereocenters. The van der Waals surface area contributed by atoms with Crippen molar-refractivity contribution >= 4 is 30.8 Å². The van der Waals surface area contributed by atoms with Crippen LogP contribution in [0.3, 0.4) is 0 Å². The third-order valence-corrected chi connectivity index (χ3v) is 3.91. The van der Waals surface area contributed by atoms with E-state index in [4.69, 9.17) is 15.5 Å². The van der Waals surface area contributed by atoms with E-state index >= 15 is 0 Å². The number of aromatic nitrogens is 4. The Morgan fingerprint density at radius 3 is 3.00 bits per heavy atom. The predicted molar refractivity (Wildman–Crippen MR) is 69.0 cm³/mol. The van der Waals surface area contributed by atoms with E-state index in [1.54, 1.807) is 17.1 Å². The average Bonchev–Trinajstić information content (AvgIpc) is 2.85. The molecule has 1 atom stereocenters. The van der Waals surface area contributed by atoms with E-state index in [1.165, 1.54) is 6.33 Å². The van der Waals surface area contributed by atoms with Gasteiger partial charge in [0, 0.05) is 6.20 Å². The molecule has 0 aliphatic heterocycles. The zero-order valence-corrected chi connectivity index (χ0v) is 10.7. The molecule has 2 heterocycles. The molecular weight excluding hydrogens is 269 g/mol. The van der Waals surface area contributed by atoms with Gasteiger partial charge in [-0.1, -0.05) is 0 Å². The van der Waals surface area contributed by atoms with Crippen molar-refractivity contribution in [2.45, 2.75) is 6.42 Å². The minimum atomic E-state index is -3.95. The van der Waals surface area contributed by atoms with Crippen LogP contribution in [0.15, 0.2) is 18.2 Å². The lowest BCUT2D eigenvalue weighted by molar-refractivity contribution is 0.371. The molecule has 0 aromatic carbocycles. The second kappa shape index (κ2) is 4.12. The van der Waals surface area contributed by atoms with Crippen molar-refractivity contribution in [2.75, 3.05) is 11.9 Å². The van der Waals surface area contributed by atoms with Crippen molar-refractivity contribution in [3.8, 4) is 0 Å². The fraction of sp³-hybridized carbons (Fsp3) is 0.300. The van der Waals surface area contributed by atoms with E-state index in [1.807, 2.05) is 0 Å². The molecule has 1 aliphatic rings. The van der Waals surface area contributed by atoms with Gasteiger partial charge in [0.1, 0.15) is 12.7 Å². The van der Waals surface area contributed by atoms with Crippen molar-refractivity contribution in [3.63, 3.8) is 0 Å². The van der Waals surface area contributed by atoms with Crippen molar-refractivity contribution < 1.29 is 14.4 Å². The normalized spacial score (nSPS) is 21.2. The molecule has 1 aliphatic carbocycles. The van der Waals surface area contributed by atoms with Crippen LogP contribution in [0.25, 0.3) is 17.4 Å². The number of imidazole rings is 1. The summed E-state index contributed by atoms with van der Waals surface area (Å²) in [6.07, 6.45) is 5.29. The molecule has 0 bridgehead atoms. The second-order valence-corrected chi connectivity index (χ2v) is 6.23. The van der Waals surface area contributed by atoms with Gasteiger partial charge >= 0.3 is 7.60 Å². The predicted octanol–water partition coefficient (Wildman–Crippen LogP) is 0.447. The lowest BCUT2D eigenvalue weighted by atomic mass is 10.4. The maximum absolute atomic E-state index is 10.9. The minimum Gasteiger partial charge on any atom is -0.382 e. The second-order valence-electron chi connectivity index (χ2n) is 4.54. The fourth-order valence-corrected chi connectivity index (χ4v) is 2.93. The van der Waals surface area contributed by atoms with Gasteiger partial charge in [0.25, 0.3) is 0 Å². The zero-order chi connectivity index (χ0) is 13.6. The van der Waals surface area contributed by atoms with Crippen molar-refractivity contribution in [2.24, 2.45) is 5.92 Å². The van der Waals surface area contributed by atoms with E-state index in [0.717, 1.165) is 5.57 Å². The first kappa shape index (κ1) is 12.3. The van der Waals surface area contributed by atoms with Crippen LogP contribution in [0.1, 0.15) is 6.42 Å². The summed E-state index contributed by atoms with van der Waals surface area (Å²) in [7, 11) is -3.95. The molecule has 0 radical (unpaired) electrons. The number of hydrogen-bond acceptors (Lipinski definition) is 5. The highest BCUT2D eigenvalue weighted by molar-refractivity contribution is 7.51. The fourth-order valence-electron chi connectivity index (χ4n) is 2.00. The number of allylic oxidation sites excluding steroid dienone is 1. The monoisotopic (exact) mass is 281 g/mol. The molecule has 0 spiro atoms. The molecule has 19 heavy (non-hydrogen) atoms. The molecule has 1 fully saturated rings. The first-order chi connectivity index (χ1) is 8.94. The Labute approximate surface area is 108 Å². The molecule has 4 N–H and O–H groups in total. The molecule has 0 saturated heterocycles. The van der Waals surface area contributed by atoms with Gasteiger partial charge in [0.15, 0.2) is 17.0 Å². The summed E-state index contributed by atoms with van der Waals surface area (Å²) >= 11 is 0. The van der Waals surface area contributed by atoms with E-state index in [9.17, 15) is 4.57 Å². The molecule has 1 saturated carbocycles. The number of nitrogens with two attached hydrogens (primary N) is 1. The zero-order valence-electron chi connectivity index (χ0n) is 9.84. The average molecular weight is 281 g/mol. The van der Waals surface area contributed by atoms with Gasteiger partial charge in [-0.3, -0.25) is 9.13 Å². The van der Waals surface area contributed by atoms with Crippen LogP contribution in [0, 0.1) is 5.92 Å². The van der Waals surface area contributed by atoms with E-state index < -0.39 is 7.60 Å². The summed E-state index contributed by atoms with van der Waals surface area (Å²) in [4.78, 5) is 29.9. The standard InChI is InChI=1S/C10H12N5O3P/c11-9-8-10(13-4-12-9)15(5-14-8)2-6-1-7(6)3-19(16,17)18/h2,4-5,7H,1,3H2,(H2,11,12,13)(H2,16,17,18)/b6-2-. The Bertz CT molecular complexity index is 719. The van der Waals surface area contributed by atoms with Gasteiger partial charge in [0.05, 0.1) is 6.16 Å². The molecule has 8 nitrogen and oxygen atoms in total. The van der Waals surface area contributed by atoms with Crippen molar-refractivity contribution in [3.05, 3.63) is 18.2 Å². The van der Waals surface area contributed by atoms with Crippen LogP contribution in [0.2, 0.25) is 0 Å². The third-order valence-electron chi connectivity index (χ3n) is 3.00. The molecule has 2 aromatic rings. The number of nitrogen functional groups attached to an aromatic ring is 1. The SMILES string of the molecule is Nc1ncnc2c1ncn2/C=C1/CC1CP(=O)(O)O. The molecule has 0 amide bonds. The van der Waals surface area contributed by atoms with Crippen molar-refractivity contribution in [1.82, 2.24) is 19.5 Å². The summed E-state index contributed by atoms with van der Waals surface area (Å²) in [5.74, 6) is 0.252. The van der Waals surface area contributed by atoms with Crippen molar-refractivity contribution in [1.29, 1.82) is 0 Å². The summed E-state index contributed by atoms with van der Waals surface area (Å²) in [6, 6.07) is 0. The Kier molecular flexibility index (Phi) is 2.67. The lowest BCUT2D eigenvalue weighted by Gasteiger charge is -1.99. The van der Waals surface area contributed by atoms with E-state index in [-0.39, 0.29) is 12.1 Å². The van der Waals surface area contributed by atoms with Crippen LogP contribution in [0.5, 0.6) is 0 Å². The third kappa shape index (κ3) is 2.51. The molecule has 2 aromatic heterocycles. The Morgan fingerprint density at radius 2 is 2.26 bits per heavy atom. The molecule has 3 rings (SSSR count). The largest absolute Gasteiger partial charge is 0.382 e. The summed E-state index contributed by atoms with van der Waals surface area (Å²) in [6.45, 7) is 0. The van der Waals surface area contributed by atoms with Crippen LogP contribution in [0.4, 0.5) is 5.82 Å². The Morgan fingerprint density at radius 1 is 1.47 bits per heavy atom.